The Balaban J connectivity index is 1.96. The van der Waals surface area contributed by atoms with Crippen LogP contribution in [-0.2, 0) is 4.79 Å². The van der Waals surface area contributed by atoms with Crippen molar-refractivity contribution in [1.82, 2.24) is 9.88 Å². The monoisotopic (exact) mass is 263 g/mol. The summed E-state index contributed by atoms with van der Waals surface area (Å²) in [6.07, 6.45) is 3.40. The normalized spacial score (nSPS) is 16.3. The summed E-state index contributed by atoms with van der Waals surface area (Å²) in [5.41, 5.74) is 5.28. The van der Waals surface area contributed by atoms with Crippen molar-refractivity contribution in [1.29, 1.82) is 0 Å². The molecular weight excluding hydrogens is 246 g/mol. The van der Waals surface area contributed by atoms with Crippen molar-refractivity contribution in [3.05, 3.63) is 34.2 Å². The van der Waals surface area contributed by atoms with E-state index in [2.05, 4.69) is 4.98 Å². The van der Waals surface area contributed by atoms with Crippen LogP contribution in [0.15, 0.2) is 23.1 Å². The summed E-state index contributed by atoms with van der Waals surface area (Å²) >= 11 is 0. The van der Waals surface area contributed by atoms with Crippen LogP contribution in [0.3, 0.4) is 0 Å². The summed E-state index contributed by atoms with van der Waals surface area (Å²) in [7, 11) is 0. The smallest absolute Gasteiger partial charge is 0.254 e. The fourth-order valence-electron chi connectivity index (χ4n) is 2.38. The average Bonchev–Trinajstić information content (AvgIpc) is 2.38. The molecule has 0 bridgehead atoms. The number of carbonyl (C=O) groups excluding carboxylic acids is 2. The van der Waals surface area contributed by atoms with E-state index in [-0.39, 0.29) is 23.3 Å². The number of hydrogen-bond donors (Lipinski definition) is 2. The molecule has 0 radical (unpaired) electrons. The van der Waals surface area contributed by atoms with Crippen molar-refractivity contribution < 1.29 is 9.59 Å². The quantitative estimate of drug-likeness (QED) is 0.809. The van der Waals surface area contributed by atoms with E-state index in [1.54, 1.807) is 11.0 Å². The average molecular weight is 263 g/mol. The van der Waals surface area contributed by atoms with E-state index in [0.29, 0.717) is 25.1 Å². The van der Waals surface area contributed by atoms with Gasteiger partial charge in [-0.05, 0) is 24.8 Å². The van der Waals surface area contributed by atoms with Crippen LogP contribution < -0.4 is 11.3 Å². The molecule has 2 heterocycles. The maximum Gasteiger partial charge on any atom is 0.254 e. The lowest BCUT2D eigenvalue weighted by Crippen LogP contribution is -2.39. The molecule has 1 saturated heterocycles. The van der Waals surface area contributed by atoms with Gasteiger partial charge in [0.25, 0.3) is 5.91 Å². The second-order valence-corrected chi connectivity index (χ2v) is 4.85. The van der Waals surface area contributed by atoms with Crippen LogP contribution in [0.1, 0.15) is 29.6 Å². The molecule has 2 rings (SSSR count). The molecule has 19 heavy (non-hydrogen) atoms. The fraction of sp³-hybridized carbons (Fsp3) is 0.462. The van der Waals surface area contributed by atoms with Crippen molar-refractivity contribution in [2.45, 2.75) is 19.3 Å². The van der Waals surface area contributed by atoms with Gasteiger partial charge in [-0.2, -0.15) is 0 Å². The highest BCUT2D eigenvalue weighted by atomic mass is 16.2. The molecule has 0 spiro atoms. The highest BCUT2D eigenvalue weighted by Gasteiger charge is 2.24. The number of amides is 2. The zero-order valence-corrected chi connectivity index (χ0v) is 10.6. The van der Waals surface area contributed by atoms with Gasteiger partial charge in [0.1, 0.15) is 0 Å². The highest BCUT2D eigenvalue weighted by Crippen LogP contribution is 2.21. The molecule has 3 N–H and O–H groups in total. The van der Waals surface area contributed by atoms with Gasteiger partial charge in [-0.1, -0.05) is 0 Å². The summed E-state index contributed by atoms with van der Waals surface area (Å²) in [6, 6.07) is 2.90. The van der Waals surface area contributed by atoms with Crippen LogP contribution in [-0.4, -0.2) is 34.8 Å². The molecule has 2 amide bonds. The molecular formula is C13H17N3O3. The van der Waals surface area contributed by atoms with Gasteiger partial charge in [0, 0.05) is 37.3 Å². The lowest BCUT2D eigenvalue weighted by molar-refractivity contribution is -0.119. The Morgan fingerprint density at radius 3 is 2.63 bits per heavy atom. The number of aromatic nitrogens is 1. The number of nitrogens with zero attached hydrogens (tertiary/aromatic N) is 1. The minimum Gasteiger partial charge on any atom is -0.370 e. The zero-order valence-electron chi connectivity index (χ0n) is 10.6. The summed E-state index contributed by atoms with van der Waals surface area (Å²) in [5.74, 6) is -0.163. The van der Waals surface area contributed by atoms with Gasteiger partial charge < -0.3 is 15.6 Å². The summed E-state index contributed by atoms with van der Waals surface area (Å²) < 4.78 is 0. The van der Waals surface area contributed by atoms with E-state index < -0.39 is 0 Å². The van der Waals surface area contributed by atoms with Crippen LogP contribution in [0.4, 0.5) is 0 Å². The van der Waals surface area contributed by atoms with E-state index in [1.165, 1.54) is 12.3 Å². The molecule has 0 aliphatic carbocycles. The molecule has 1 fully saturated rings. The SMILES string of the molecule is NC(=O)CC1CCN(C(=O)c2cc[nH]c(=O)c2)CC1. The van der Waals surface area contributed by atoms with Gasteiger partial charge in [-0.3, -0.25) is 14.4 Å². The number of primary amides is 1. The molecule has 102 valence electrons. The van der Waals surface area contributed by atoms with Crippen molar-refractivity contribution in [2.75, 3.05) is 13.1 Å². The third-order valence-electron chi connectivity index (χ3n) is 3.41. The molecule has 0 atom stereocenters. The number of piperidine rings is 1. The molecule has 1 aliphatic rings. The van der Waals surface area contributed by atoms with E-state index in [1.807, 2.05) is 0 Å². The number of nitrogens with two attached hydrogens (primary N) is 1. The predicted molar refractivity (Wildman–Crippen MR) is 69.5 cm³/mol. The predicted octanol–water partition coefficient (Wildman–Crippen LogP) is 0.102. The van der Waals surface area contributed by atoms with E-state index in [4.69, 9.17) is 5.73 Å². The largest absolute Gasteiger partial charge is 0.370 e. The Morgan fingerprint density at radius 2 is 2.05 bits per heavy atom. The van der Waals surface area contributed by atoms with Gasteiger partial charge in [-0.25, -0.2) is 0 Å². The summed E-state index contributed by atoms with van der Waals surface area (Å²) in [6.45, 7) is 1.20. The first kappa shape index (κ1) is 13.3. The van der Waals surface area contributed by atoms with Crippen molar-refractivity contribution in [3.8, 4) is 0 Å². The first-order valence-electron chi connectivity index (χ1n) is 6.32. The second-order valence-electron chi connectivity index (χ2n) is 4.85. The van der Waals surface area contributed by atoms with Crippen LogP contribution in [0.2, 0.25) is 0 Å². The number of hydrogen-bond acceptors (Lipinski definition) is 3. The first-order valence-corrected chi connectivity index (χ1v) is 6.32. The molecule has 6 nitrogen and oxygen atoms in total. The minimum atomic E-state index is -0.292. The number of rotatable bonds is 3. The molecule has 0 aromatic carbocycles. The van der Waals surface area contributed by atoms with Crippen molar-refractivity contribution in [3.63, 3.8) is 0 Å². The minimum absolute atomic E-state index is 0.136. The maximum atomic E-state index is 12.2. The molecule has 0 saturated carbocycles. The van der Waals surface area contributed by atoms with Gasteiger partial charge in [-0.15, -0.1) is 0 Å². The maximum absolute atomic E-state index is 12.2. The van der Waals surface area contributed by atoms with Crippen LogP contribution in [0, 0.1) is 5.92 Å². The van der Waals surface area contributed by atoms with Crippen LogP contribution in [0.5, 0.6) is 0 Å². The topological polar surface area (TPSA) is 96.3 Å². The highest BCUT2D eigenvalue weighted by molar-refractivity contribution is 5.94. The third-order valence-corrected chi connectivity index (χ3v) is 3.41. The van der Waals surface area contributed by atoms with Crippen LogP contribution >= 0.6 is 0 Å². The Kier molecular flexibility index (Phi) is 3.99. The Hall–Kier alpha value is -2.11. The molecule has 0 unspecified atom stereocenters. The molecule has 1 aromatic heterocycles. The number of H-pyrrole nitrogens is 1. The fourth-order valence-corrected chi connectivity index (χ4v) is 2.38. The number of likely N-dealkylation sites (tertiary alicyclic amines) is 1. The van der Waals surface area contributed by atoms with Crippen LogP contribution in [0.25, 0.3) is 0 Å². The molecule has 1 aromatic rings. The number of carbonyl (C=O) groups is 2. The Morgan fingerprint density at radius 1 is 1.37 bits per heavy atom. The number of nitrogens with one attached hydrogen (secondary N) is 1. The lowest BCUT2D eigenvalue weighted by Gasteiger charge is -2.31. The molecule has 1 aliphatic heterocycles. The summed E-state index contributed by atoms with van der Waals surface area (Å²) in [5, 5.41) is 0. The first-order chi connectivity index (χ1) is 9.06. The van der Waals surface area contributed by atoms with E-state index in [9.17, 15) is 14.4 Å². The number of aromatic amines is 1. The standard InChI is InChI=1S/C13H17N3O3/c14-11(17)7-9-2-5-16(6-3-9)13(19)10-1-4-15-12(18)8-10/h1,4,8-9H,2-3,5-7H2,(H2,14,17)(H,15,18). The second kappa shape index (κ2) is 5.69. The Bertz CT molecular complexity index is 530. The lowest BCUT2D eigenvalue weighted by atomic mass is 9.93. The Labute approximate surface area is 110 Å². The van der Waals surface area contributed by atoms with Crippen molar-refractivity contribution >= 4 is 11.8 Å². The zero-order chi connectivity index (χ0) is 13.8. The summed E-state index contributed by atoms with van der Waals surface area (Å²) in [4.78, 5) is 38.4. The van der Waals surface area contributed by atoms with Gasteiger partial charge >= 0.3 is 0 Å². The van der Waals surface area contributed by atoms with Crippen molar-refractivity contribution in [2.24, 2.45) is 11.7 Å². The van der Waals surface area contributed by atoms with Gasteiger partial charge in [0.15, 0.2) is 0 Å². The van der Waals surface area contributed by atoms with Gasteiger partial charge in [0.05, 0.1) is 0 Å². The van der Waals surface area contributed by atoms with E-state index >= 15 is 0 Å². The third kappa shape index (κ3) is 3.43. The number of pyridine rings is 1. The molecule has 6 heteroatoms. The van der Waals surface area contributed by atoms with Gasteiger partial charge in [0.2, 0.25) is 11.5 Å². The van der Waals surface area contributed by atoms with E-state index in [0.717, 1.165) is 12.8 Å².